The van der Waals surface area contributed by atoms with Crippen LogP contribution in [0.15, 0.2) is 0 Å². The minimum absolute atomic E-state index is 0.138. The minimum atomic E-state index is -4.38. The minimum Gasteiger partial charge on any atom is -0.465 e. The highest BCUT2D eigenvalue weighted by Crippen LogP contribution is 2.15. The Hall–Kier alpha value is -0.620. The van der Waals surface area contributed by atoms with Gasteiger partial charge in [-0.05, 0) is 12.8 Å². The molecule has 0 rings (SSSR count). The van der Waals surface area contributed by atoms with Crippen LogP contribution in [0.2, 0.25) is 0 Å². The monoisotopic (exact) mass is 336 g/mol. The zero-order valence-electron chi connectivity index (χ0n) is 14.1. The Morgan fingerprint density at radius 1 is 0.909 bits per heavy atom. The average Bonchev–Trinajstić information content (AvgIpc) is 2.44. The van der Waals surface area contributed by atoms with Crippen molar-refractivity contribution in [1.82, 2.24) is 0 Å². The van der Waals surface area contributed by atoms with Gasteiger partial charge in [-0.1, -0.05) is 71.6 Å². The molecule has 132 valence electrons. The first-order valence-electron chi connectivity index (χ1n) is 8.56. The number of unbranched alkanes of at least 4 members (excludes halogenated alkanes) is 8. The first-order chi connectivity index (χ1) is 10.4. The van der Waals surface area contributed by atoms with Crippen LogP contribution in [0.25, 0.3) is 0 Å². The second-order valence-corrected chi connectivity index (χ2v) is 7.39. The van der Waals surface area contributed by atoms with Crippen molar-refractivity contribution in [2.24, 2.45) is 0 Å². The lowest BCUT2D eigenvalue weighted by atomic mass is 10.1. The van der Waals surface area contributed by atoms with Crippen LogP contribution in [-0.4, -0.2) is 30.8 Å². The van der Waals surface area contributed by atoms with E-state index in [1.54, 1.807) is 0 Å². The van der Waals surface area contributed by atoms with E-state index >= 15 is 0 Å². The summed E-state index contributed by atoms with van der Waals surface area (Å²) in [6.07, 6.45) is 10.3. The van der Waals surface area contributed by atoms with E-state index in [0.717, 1.165) is 25.7 Å². The summed E-state index contributed by atoms with van der Waals surface area (Å²) in [5.74, 6) is -0.820. The second-order valence-electron chi connectivity index (χ2n) is 5.79. The molecule has 0 spiro atoms. The van der Waals surface area contributed by atoms with Gasteiger partial charge in [0.25, 0.3) is 10.1 Å². The van der Waals surface area contributed by atoms with Gasteiger partial charge >= 0.3 is 5.97 Å². The lowest BCUT2D eigenvalue weighted by Gasteiger charge is -2.13. The fraction of sp³-hybridized carbons (Fsp3) is 0.938. The Morgan fingerprint density at radius 3 is 1.91 bits per heavy atom. The van der Waals surface area contributed by atoms with Crippen LogP contribution < -0.4 is 0 Å². The van der Waals surface area contributed by atoms with E-state index in [1.807, 2.05) is 6.92 Å². The van der Waals surface area contributed by atoms with Gasteiger partial charge in [-0.25, -0.2) is 0 Å². The zero-order valence-corrected chi connectivity index (χ0v) is 14.9. The summed E-state index contributed by atoms with van der Waals surface area (Å²) < 4.78 is 36.7. The molecular formula is C16H32O5S. The van der Waals surface area contributed by atoms with E-state index in [4.69, 9.17) is 4.74 Å². The van der Waals surface area contributed by atoms with Crippen LogP contribution in [0.4, 0.5) is 0 Å². The lowest BCUT2D eigenvalue weighted by molar-refractivity contribution is -0.143. The van der Waals surface area contributed by atoms with E-state index in [0.29, 0.717) is 12.8 Å². The van der Waals surface area contributed by atoms with Crippen molar-refractivity contribution in [3.05, 3.63) is 0 Å². The molecule has 1 atom stereocenters. The number of carbonyl (C=O) groups excluding carboxylic acids is 1. The number of carbonyl (C=O) groups is 1. The number of hydrogen-bond donors (Lipinski definition) is 1. The molecule has 0 saturated heterocycles. The summed E-state index contributed by atoms with van der Waals surface area (Å²) in [5, 5.41) is -1.43. The van der Waals surface area contributed by atoms with Crippen LogP contribution in [0.3, 0.4) is 0 Å². The normalized spacial score (nSPS) is 13.0. The second kappa shape index (κ2) is 12.9. The van der Waals surface area contributed by atoms with Crippen molar-refractivity contribution in [2.75, 3.05) is 6.61 Å². The largest absolute Gasteiger partial charge is 0.465 e. The third-order valence-electron chi connectivity index (χ3n) is 3.68. The molecule has 6 heteroatoms. The van der Waals surface area contributed by atoms with Gasteiger partial charge in [0.15, 0.2) is 5.25 Å². The molecule has 1 N–H and O–H groups in total. The molecule has 0 aromatic carbocycles. The topological polar surface area (TPSA) is 80.7 Å². The van der Waals surface area contributed by atoms with Gasteiger partial charge < -0.3 is 4.74 Å². The van der Waals surface area contributed by atoms with Crippen molar-refractivity contribution in [3.8, 4) is 0 Å². The summed E-state index contributed by atoms with van der Waals surface area (Å²) in [6.45, 7) is 4.34. The maximum Gasteiger partial charge on any atom is 0.326 e. The Balaban J connectivity index is 3.99. The van der Waals surface area contributed by atoms with Crippen molar-refractivity contribution >= 4 is 16.1 Å². The van der Waals surface area contributed by atoms with Crippen molar-refractivity contribution in [1.29, 1.82) is 0 Å². The summed E-state index contributed by atoms with van der Waals surface area (Å²) in [5.41, 5.74) is 0. The van der Waals surface area contributed by atoms with E-state index in [-0.39, 0.29) is 13.0 Å². The third kappa shape index (κ3) is 11.0. The summed E-state index contributed by atoms with van der Waals surface area (Å²) >= 11 is 0. The molecule has 0 amide bonds. The smallest absolute Gasteiger partial charge is 0.326 e. The maximum atomic E-state index is 11.7. The number of ether oxygens (including phenoxy) is 1. The van der Waals surface area contributed by atoms with Crippen LogP contribution in [-0.2, 0) is 19.6 Å². The molecule has 0 aliphatic heterocycles. The summed E-state index contributed by atoms with van der Waals surface area (Å²) in [6, 6.07) is 0. The van der Waals surface area contributed by atoms with Gasteiger partial charge in [-0.2, -0.15) is 8.42 Å². The third-order valence-corrected chi connectivity index (χ3v) is 4.83. The summed E-state index contributed by atoms with van der Waals surface area (Å²) in [7, 11) is -4.38. The molecule has 0 aromatic heterocycles. The quantitative estimate of drug-likeness (QED) is 0.293. The maximum absolute atomic E-state index is 11.7. The van der Waals surface area contributed by atoms with Gasteiger partial charge in [0.05, 0.1) is 6.61 Å². The van der Waals surface area contributed by atoms with Crippen LogP contribution in [0.1, 0.15) is 84.5 Å². The number of rotatable bonds is 14. The molecule has 22 heavy (non-hydrogen) atoms. The van der Waals surface area contributed by atoms with Gasteiger partial charge in [0, 0.05) is 0 Å². The van der Waals surface area contributed by atoms with Crippen molar-refractivity contribution < 1.29 is 22.5 Å². The molecule has 5 nitrogen and oxygen atoms in total. The van der Waals surface area contributed by atoms with Crippen LogP contribution in [0, 0.1) is 0 Å². The highest BCUT2D eigenvalue weighted by molar-refractivity contribution is 7.87. The van der Waals surface area contributed by atoms with Crippen molar-refractivity contribution in [3.63, 3.8) is 0 Å². The Kier molecular flexibility index (Phi) is 12.5. The molecule has 0 saturated carbocycles. The molecule has 0 aromatic rings. The zero-order chi connectivity index (χ0) is 16.8. The highest BCUT2D eigenvalue weighted by Gasteiger charge is 2.31. The van der Waals surface area contributed by atoms with Crippen LogP contribution in [0.5, 0.6) is 0 Å². The first-order valence-corrected chi connectivity index (χ1v) is 10.1. The highest BCUT2D eigenvalue weighted by atomic mass is 32.2. The van der Waals surface area contributed by atoms with E-state index < -0.39 is 21.3 Å². The van der Waals surface area contributed by atoms with Crippen LogP contribution >= 0.6 is 0 Å². The Labute approximate surface area is 135 Å². The number of hydrogen-bond acceptors (Lipinski definition) is 4. The Morgan fingerprint density at radius 2 is 1.41 bits per heavy atom. The van der Waals surface area contributed by atoms with E-state index in [9.17, 15) is 17.8 Å². The first kappa shape index (κ1) is 21.4. The fourth-order valence-corrected chi connectivity index (χ4v) is 3.04. The van der Waals surface area contributed by atoms with Gasteiger partial charge in [0.2, 0.25) is 0 Å². The predicted octanol–water partition coefficient (Wildman–Crippen LogP) is 4.12. The van der Waals surface area contributed by atoms with Gasteiger partial charge in [-0.3, -0.25) is 9.35 Å². The average molecular weight is 336 g/mol. The molecule has 0 bridgehead atoms. The van der Waals surface area contributed by atoms with E-state index in [2.05, 4.69) is 6.92 Å². The molecular weight excluding hydrogens is 304 g/mol. The molecule has 1 unspecified atom stereocenters. The number of esters is 1. The standard InChI is InChI=1S/C16H32O5S/c1-3-5-7-8-9-10-11-12-13-15(22(18,19)20)16(17)21-14-6-4-2/h15H,3-14H2,1-2H3,(H,18,19,20). The molecule has 0 heterocycles. The molecule has 0 aliphatic carbocycles. The Bertz CT molecular complexity index is 378. The SMILES string of the molecule is CCCCCCCCCCC(C(=O)OCCCC)S(=O)(=O)O. The van der Waals surface area contributed by atoms with Crippen molar-refractivity contribution in [2.45, 2.75) is 89.7 Å². The predicted molar refractivity (Wildman–Crippen MR) is 88.4 cm³/mol. The lowest BCUT2D eigenvalue weighted by Crippen LogP contribution is -2.32. The van der Waals surface area contributed by atoms with Gasteiger partial charge in [0.1, 0.15) is 0 Å². The molecule has 0 radical (unpaired) electrons. The molecule has 0 aliphatic rings. The molecule has 0 fully saturated rings. The fourth-order valence-electron chi connectivity index (χ4n) is 2.26. The van der Waals surface area contributed by atoms with Gasteiger partial charge in [-0.15, -0.1) is 0 Å². The van der Waals surface area contributed by atoms with E-state index in [1.165, 1.54) is 25.7 Å². The summed E-state index contributed by atoms with van der Waals surface area (Å²) in [4.78, 5) is 11.7.